The minimum Gasteiger partial charge on any atom is -0.497 e. The van der Waals surface area contributed by atoms with Gasteiger partial charge in [0.15, 0.2) is 5.13 Å². The number of aromatic nitrogens is 1. The van der Waals surface area contributed by atoms with Gasteiger partial charge in [0, 0.05) is 43.2 Å². The quantitative estimate of drug-likeness (QED) is 0.343. The maximum Gasteiger partial charge on any atom is 0.229 e. The van der Waals surface area contributed by atoms with Crippen molar-refractivity contribution in [2.75, 3.05) is 57.2 Å². The number of ether oxygens (including phenoxy) is 2. The molecule has 2 aromatic carbocycles. The Morgan fingerprint density at radius 2 is 2.00 bits per heavy atom. The maximum atomic E-state index is 13.2. The molecule has 1 fully saturated rings. The van der Waals surface area contributed by atoms with Crippen molar-refractivity contribution in [2.45, 2.75) is 17.7 Å². The predicted molar refractivity (Wildman–Crippen MR) is 139 cm³/mol. The third-order valence-corrected chi connectivity index (χ3v) is 7.53. The van der Waals surface area contributed by atoms with E-state index in [1.54, 1.807) is 31.0 Å². The Kier molecular flexibility index (Phi) is 10.4. The van der Waals surface area contributed by atoms with Crippen molar-refractivity contribution in [1.29, 1.82) is 0 Å². The van der Waals surface area contributed by atoms with Gasteiger partial charge in [0.05, 0.1) is 30.5 Å². The monoisotopic (exact) mass is 525 g/mol. The van der Waals surface area contributed by atoms with Crippen LogP contribution in [-0.2, 0) is 9.53 Å². The Hall–Kier alpha value is -1.91. The van der Waals surface area contributed by atoms with Crippen molar-refractivity contribution in [3.05, 3.63) is 48.3 Å². The lowest BCUT2D eigenvalue weighted by Gasteiger charge is -2.27. The summed E-state index contributed by atoms with van der Waals surface area (Å²) in [5, 5.41) is 0.719. The molecule has 1 amide bonds. The number of hydrogen-bond donors (Lipinski definition) is 0. The van der Waals surface area contributed by atoms with Crippen molar-refractivity contribution in [3.8, 4) is 5.75 Å². The van der Waals surface area contributed by atoms with E-state index in [4.69, 9.17) is 14.5 Å². The fraction of sp³-hybridized carbons (Fsp3) is 0.417. The molecule has 1 aliphatic rings. The summed E-state index contributed by atoms with van der Waals surface area (Å²) in [7, 11) is 1.64. The second kappa shape index (κ2) is 13.3. The smallest absolute Gasteiger partial charge is 0.229 e. The zero-order chi connectivity index (χ0) is 23.0. The van der Waals surface area contributed by atoms with Crippen LogP contribution in [-0.4, -0.2) is 68.0 Å². The number of halogens is 2. The molecule has 0 unspecified atom stereocenters. The number of carbonyl (C=O) groups excluding carboxylic acids is 1. The van der Waals surface area contributed by atoms with Crippen molar-refractivity contribution < 1.29 is 18.7 Å². The van der Waals surface area contributed by atoms with E-state index in [0.29, 0.717) is 18.7 Å². The van der Waals surface area contributed by atoms with Gasteiger partial charge in [-0.05, 0) is 48.9 Å². The van der Waals surface area contributed by atoms with Crippen molar-refractivity contribution in [1.82, 2.24) is 9.88 Å². The van der Waals surface area contributed by atoms with Crippen LogP contribution in [0.3, 0.4) is 0 Å². The third-order valence-electron chi connectivity index (χ3n) is 5.47. The van der Waals surface area contributed by atoms with Gasteiger partial charge >= 0.3 is 0 Å². The first kappa shape index (κ1) is 26.7. The van der Waals surface area contributed by atoms with Crippen LogP contribution < -0.4 is 9.64 Å². The molecular formula is C24H29ClFN3O3S2. The van der Waals surface area contributed by atoms with Gasteiger partial charge in [-0.25, -0.2) is 9.37 Å². The Morgan fingerprint density at radius 1 is 1.24 bits per heavy atom. The fourth-order valence-electron chi connectivity index (χ4n) is 3.66. The Labute approximate surface area is 213 Å². The summed E-state index contributed by atoms with van der Waals surface area (Å²) < 4.78 is 24.9. The van der Waals surface area contributed by atoms with Gasteiger partial charge in [0.2, 0.25) is 5.91 Å². The van der Waals surface area contributed by atoms with Crippen LogP contribution in [0.2, 0.25) is 0 Å². The van der Waals surface area contributed by atoms with Crippen LogP contribution in [0.4, 0.5) is 9.52 Å². The van der Waals surface area contributed by atoms with E-state index in [1.165, 1.54) is 23.5 Å². The molecule has 3 aromatic rings. The van der Waals surface area contributed by atoms with Crippen LogP contribution in [0.5, 0.6) is 5.75 Å². The molecule has 10 heteroatoms. The van der Waals surface area contributed by atoms with E-state index in [1.807, 2.05) is 23.1 Å². The Morgan fingerprint density at radius 3 is 2.74 bits per heavy atom. The highest BCUT2D eigenvalue weighted by Crippen LogP contribution is 2.32. The number of hydrogen-bond acceptors (Lipinski definition) is 7. The number of rotatable bonds is 10. The highest BCUT2D eigenvalue weighted by molar-refractivity contribution is 7.99. The molecule has 4 rings (SSSR count). The van der Waals surface area contributed by atoms with E-state index in [2.05, 4.69) is 4.90 Å². The van der Waals surface area contributed by atoms with Gasteiger partial charge in [0.1, 0.15) is 11.6 Å². The molecule has 1 saturated heterocycles. The standard InChI is InChI=1S/C24H28FN3O3S2.ClH/c1-30-19-5-8-21-22(17-19)33-24(26-21)28(11-2-10-27-12-14-31-15-13-27)23(29)9-16-32-20-6-3-18(25)4-7-20;/h3-8,17H,2,9-16H2,1H3;1H. The Balaban J connectivity index is 0.00000324. The lowest BCUT2D eigenvalue weighted by Crippen LogP contribution is -2.39. The molecular weight excluding hydrogens is 497 g/mol. The number of anilines is 1. The van der Waals surface area contributed by atoms with E-state index >= 15 is 0 Å². The minimum absolute atomic E-state index is 0. The normalized spacial score (nSPS) is 14.1. The highest BCUT2D eigenvalue weighted by atomic mass is 35.5. The average molecular weight is 526 g/mol. The zero-order valence-corrected chi connectivity index (χ0v) is 21.5. The SMILES string of the molecule is COc1ccc2nc(N(CCCN3CCOCC3)C(=O)CCSc3ccc(F)cc3)sc2c1.Cl. The second-order valence-electron chi connectivity index (χ2n) is 7.74. The summed E-state index contributed by atoms with van der Waals surface area (Å²) >= 11 is 3.07. The van der Waals surface area contributed by atoms with Gasteiger partial charge in [-0.3, -0.25) is 14.6 Å². The molecule has 1 aromatic heterocycles. The van der Waals surface area contributed by atoms with Crippen molar-refractivity contribution in [3.63, 3.8) is 0 Å². The van der Waals surface area contributed by atoms with Crippen LogP contribution >= 0.6 is 35.5 Å². The molecule has 0 bridgehead atoms. The molecule has 0 radical (unpaired) electrons. The predicted octanol–water partition coefficient (Wildman–Crippen LogP) is 5.10. The summed E-state index contributed by atoms with van der Waals surface area (Å²) in [4.78, 5) is 23.1. The highest BCUT2D eigenvalue weighted by Gasteiger charge is 2.20. The summed E-state index contributed by atoms with van der Waals surface area (Å²) in [6.07, 6.45) is 1.26. The van der Waals surface area contributed by atoms with Gasteiger partial charge in [-0.1, -0.05) is 11.3 Å². The van der Waals surface area contributed by atoms with Gasteiger partial charge < -0.3 is 9.47 Å². The lowest BCUT2D eigenvalue weighted by atomic mass is 10.3. The summed E-state index contributed by atoms with van der Waals surface area (Å²) in [6, 6.07) is 12.1. The summed E-state index contributed by atoms with van der Waals surface area (Å²) in [6.45, 7) is 4.95. The molecule has 0 atom stereocenters. The van der Waals surface area contributed by atoms with Crippen molar-refractivity contribution in [2.24, 2.45) is 0 Å². The third kappa shape index (κ3) is 7.29. The number of morpholine rings is 1. The number of amides is 1. The first-order valence-corrected chi connectivity index (χ1v) is 12.9. The fourth-order valence-corrected chi connectivity index (χ4v) is 5.54. The molecule has 2 heterocycles. The first-order valence-electron chi connectivity index (χ1n) is 11.1. The Bertz CT molecular complexity index is 1060. The van der Waals surface area contributed by atoms with E-state index in [-0.39, 0.29) is 24.1 Å². The van der Waals surface area contributed by atoms with Crippen molar-refractivity contribution >= 4 is 56.8 Å². The first-order chi connectivity index (χ1) is 16.1. The largest absolute Gasteiger partial charge is 0.497 e. The molecule has 0 N–H and O–H groups in total. The van der Waals surface area contributed by atoms with Crippen LogP contribution in [0.15, 0.2) is 47.4 Å². The van der Waals surface area contributed by atoms with E-state index < -0.39 is 0 Å². The van der Waals surface area contributed by atoms with Crippen LogP contribution in [0.25, 0.3) is 10.2 Å². The van der Waals surface area contributed by atoms with Crippen LogP contribution in [0.1, 0.15) is 12.8 Å². The zero-order valence-electron chi connectivity index (χ0n) is 19.1. The maximum absolute atomic E-state index is 13.2. The number of thioether (sulfide) groups is 1. The number of benzene rings is 2. The summed E-state index contributed by atoms with van der Waals surface area (Å²) in [5.74, 6) is 1.20. The topological polar surface area (TPSA) is 54.9 Å². The molecule has 0 saturated carbocycles. The van der Waals surface area contributed by atoms with E-state index in [0.717, 1.165) is 65.3 Å². The molecule has 1 aliphatic heterocycles. The van der Waals surface area contributed by atoms with Gasteiger partial charge in [0.25, 0.3) is 0 Å². The number of nitrogens with zero attached hydrogens (tertiary/aromatic N) is 3. The van der Waals surface area contributed by atoms with E-state index in [9.17, 15) is 9.18 Å². The number of thiazole rings is 1. The lowest BCUT2D eigenvalue weighted by molar-refractivity contribution is -0.118. The number of fused-ring (bicyclic) bond motifs is 1. The van der Waals surface area contributed by atoms with Gasteiger partial charge in [-0.15, -0.1) is 24.2 Å². The molecule has 0 spiro atoms. The number of carbonyl (C=O) groups is 1. The molecule has 34 heavy (non-hydrogen) atoms. The summed E-state index contributed by atoms with van der Waals surface area (Å²) in [5.41, 5.74) is 0.863. The minimum atomic E-state index is -0.255. The average Bonchev–Trinajstić information content (AvgIpc) is 3.26. The molecule has 184 valence electrons. The van der Waals surface area contributed by atoms with Gasteiger partial charge in [-0.2, -0.15) is 0 Å². The molecule has 0 aliphatic carbocycles. The van der Waals surface area contributed by atoms with Crippen LogP contribution in [0, 0.1) is 5.82 Å². The molecule has 6 nitrogen and oxygen atoms in total. The second-order valence-corrected chi connectivity index (χ2v) is 9.91. The number of methoxy groups -OCH3 is 1.